The lowest BCUT2D eigenvalue weighted by molar-refractivity contribution is -0.384. The summed E-state index contributed by atoms with van der Waals surface area (Å²) in [6.07, 6.45) is -0.609. The number of hydrogen-bond acceptors (Lipinski definition) is 4. The molecule has 0 aromatic heterocycles. The van der Waals surface area contributed by atoms with E-state index in [4.69, 9.17) is 4.74 Å². The van der Waals surface area contributed by atoms with Crippen molar-refractivity contribution in [3.05, 3.63) is 63.7 Å². The molecule has 1 aliphatic heterocycles. The van der Waals surface area contributed by atoms with Gasteiger partial charge in [-0.05, 0) is 28.5 Å². The number of hydrogen-bond donors (Lipinski definition) is 0. The van der Waals surface area contributed by atoms with Crippen LogP contribution in [0.5, 0.6) is 5.75 Å². The van der Waals surface area contributed by atoms with E-state index in [2.05, 4.69) is 32.9 Å². The predicted molar refractivity (Wildman–Crippen MR) is 109 cm³/mol. The molecule has 148 valence electrons. The zero-order chi connectivity index (χ0) is 20.6. The predicted octanol–water partition coefficient (Wildman–Crippen LogP) is 4.84. The third-order valence-corrected chi connectivity index (χ3v) is 4.97. The number of non-ortho nitro benzene ring substituents is 1. The van der Waals surface area contributed by atoms with Crippen molar-refractivity contribution in [1.82, 2.24) is 0 Å². The summed E-state index contributed by atoms with van der Waals surface area (Å²) in [6, 6.07) is 12.5. The van der Waals surface area contributed by atoms with Gasteiger partial charge in [0.1, 0.15) is 5.75 Å². The summed E-state index contributed by atoms with van der Waals surface area (Å²) in [4.78, 5) is 25.4. The van der Waals surface area contributed by atoms with Gasteiger partial charge < -0.3 is 9.64 Å². The van der Waals surface area contributed by atoms with Gasteiger partial charge in [0, 0.05) is 12.1 Å². The van der Waals surface area contributed by atoms with Crippen molar-refractivity contribution in [3.63, 3.8) is 0 Å². The Labute approximate surface area is 165 Å². The number of benzene rings is 2. The highest BCUT2D eigenvalue weighted by atomic mass is 16.6. The van der Waals surface area contributed by atoms with Gasteiger partial charge in [-0.2, -0.15) is 0 Å². The Balaban J connectivity index is 1.99. The minimum absolute atomic E-state index is 0.0124. The van der Waals surface area contributed by atoms with E-state index in [1.807, 2.05) is 26.0 Å². The Bertz CT molecular complexity index is 898. The monoisotopic (exact) mass is 382 g/mol. The van der Waals surface area contributed by atoms with E-state index in [9.17, 15) is 14.9 Å². The molecule has 2 aromatic carbocycles. The van der Waals surface area contributed by atoms with E-state index < -0.39 is 11.0 Å². The molecule has 0 aliphatic carbocycles. The van der Waals surface area contributed by atoms with Crippen LogP contribution >= 0.6 is 0 Å². The van der Waals surface area contributed by atoms with Crippen LogP contribution in [-0.2, 0) is 16.8 Å². The van der Waals surface area contributed by atoms with E-state index >= 15 is 0 Å². The normalized spacial score (nSPS) is 16.7. The Morgan fingerprint density at radius 2 is 1.79 bits per heavy atom. The Hall–Kier alpha value is -2.89. The number of rotatable bonds is 4. The minimum Gasteiger partial charge on any atom is -0.478 e. The minimum atomic E-state index is -0.609. The summed E-state index contributed by atoms with van der Waals surface area (Å²) < 4.78 is 5.86. The van der Waals surface area contributed by atoms with Gasteiger partial charge in [-0.3, -0.25) is 14.9 Å². The molecule has 2 aromatic rings. The second-order valence-electron chi connectivity index (χ2n) is 8.56. The summed E-state index contributed by atoms with van der Waals surface area (Å²) in [7, 11) is 0. The molecule has 0 saturated carbocycles. The van der Waals surface area contributed by atoms with Crippen LogP contribution in [0.2, 0.25) is 0 Å². The number of nitro benzene ring substituents is 1. The van der Waals surface area contributed by atoms with Crippen molar-refractivity contribution in [2.24, 2.45) is 5.92 Å². The number of anilines is 1. The van der Waals surface area contributed by atoms with Crippen molar-refractivity contribution in [3.8, 4) is 5.75 Å². The first-order chi connectivity index (χ1) is 13.1. The molecule has 1 unspecified atom stereocenters. The summed E-state index contributed by atoms with van der Waals surface area (Å²) in [5.41, 5.74) is 2.59. The van der Waals surface area contributed by atoms with E-state index in [0.717, 1.165) is 5.56 Å². The lowest BCUT2D eigenvalue weighted by Crippen LogP contribution is -2.48. The van der Waals surface area contributed by atoms with Gasteiger partial charge in [0.15, 0.2) is 6.10 Å². The summed E-state index contributed by atoms with van der Waals surface area (Å²) >= 11 is 0. The third kappa shape index (κ3) is 3.86. The average molecular weight is 382 g/mol. The van der Waals surface area contributed by atoms with Crippen molar-refractivity contribution in [1.29, 1.82) is 0 Å². The summed E-state index contributed by atoms with van der Waals surface area (Å²) in [6.45, 7) is 10.6. The maximum atomic E-state index is 13.1. The van der Waals surface area contributed by atoms with E-state index in [0.29, 0.717) is 18.0 Å². The standard InChI is InChI=1S/C22H26N2O4/c1-14(2)20-21(25)23(13-15-6-8-16(9-7-15)22(3,4)5)18-12-17(24(26)27)10-11-19(18)28-20/h6-12,14,20H,13H2,1-5H3. The third-order valence-electron chi connectivity index (χ3n) is 4.97. The van der Waals surface area contributed by atoms with Gasteiger partial charge >= 0.3 is 0 Å². The molecule has 0 saturated heterocycles. The number of nitro groups is 1. The molecule has 1 aliphatic rings. The van der Waals surface area contributed by atoms with E-state index in [-0.39, 0.29) is 22.9 Å². The highest BCUT2D eigenvalue weighted by Crippen LogP contribution is 2.39. The molecule has 0 spiro atoms. The van der Waals surface area contributed by atoms with Crippen LogP contribution in [0.15, 0.2) is 42.5 Å². The number of nitrogens with zero attached hydrogens (tertiary/aromatic N) is 2. The molecule has 1 heterocycles. The molecule has 1 atom stereocenters. The van der Waals surface area contributed by atoms with Crippen LogP contribution in [-0.4, -0.2) is 16.9 Å². The first-order valence-corrected chi connectivity index (χ1v) is 9.44. The van der Waals surface area contributed by atoms with Crippen LogP contribution in [0, 0.1) is 16.0 Å². The zero-order valence-corrected chi connectivity index (χ0v) is 16.9. The van der Waals surface area contributed by atoms with Gasteiger partial charge in [-0.1, -0.05) is 58.9 Å². The first kappa shape index (κ1) is 19.9. The van der Waals surface area contributed by atoms with E-state index in [1.54, 1.807) is 11.0 Å². The van der Waals surface area contributed by atoms with Crippen molar-refractivity contribution in [2.45, 2.75) is 52.7 Å². The molecule has 0 bridgehead atoms. The van der Waals surface area contributed by atoms with Crippen LogP contribution in [0.1, 0.15) is 45.7 Å². The Kier molecular flexibility index (Phi) is 5.15. The average Bonchev–Trinajstić information content (AvgIpc) is 2.62. The zero-order valence-electron chi connectivity index (χ0n) is 16.9. The molecule has 0 N–H and O–H groups in total. The largest absolute Gasteiger partial charge is 0.478 e. The highest BCUT2D eigenvalue weighted by Gasteiger charge is 2.37. The summed E-state index contributed by atoms with van der Waals surface area (Å²) in [5.74, 6) is 0.305. The van der Waals surface area contributed by atoms with E-state index in [1.165, 1.54) is 17.7 Å². The number of carbonyl (C=O) groups is 1. The molecule has 0 radical (unpaired) electrons. The second kappa shape index (κ2) is 7.26. The maximum absolute atomic E-state index is 13.1. The Morgan fingerprint density at radius 3 is 2.32 bits per heavy atom. The summed E-state index contributed by atoms with van der Waals surface area (Å²) in [5, 5.41) is 11.2. The van der Waals surface area contributed by atoms with Gasteiger partial charge in [-0.15, -0.1) is 0 Å². The molecule has 1 amide bonds. The van der Waals surface area contributed by atoms with Gasteiger partial charge in [0.2, 0.25) is 0 Å². The number of carbonyl (C=O) groups excluding carboxylic acids is 1. The quantitative estimate of drug-likeness (QED) is 0.560. The molecule has 0 fully saturated rings. The fourth-order valence-electron chi connectivity index (χ4n) is 3.27. The lowest BCUT2D eigenvalue weighted by Gasteiger charge is -2.36. The SMILES string of the molecule is CC(C)C1Oc2ccc([N+](=O)[O-])cc2N(Cc2ccc(C(C)(C)C)cc2)C1=O. The first-order valence-electron chi connectivity index (χ1n) is 9.44. The maximum Gasteiger partial charge on any atom is 0.271 e. The molecule has 6 nitrogen and oxygen atoms in total. The van der Waals surface area contributed by atoms with Crippen LogP contribution in [0.25, 0.3) is 0 Å². The fraction of sp³-hybridized carbons (Fsp3) is 0.409. The van der Waals surface area contributed by atoms with Crippen LogP contribution < -0.4 is 9.64 Å². The lowest BCUT2D eigenvalue weighted by atomic mass is 9.86. The van der Waals surface area contributed by atoms with Crippen molar-refractivity contribution < 1.29 is 14.5 Å². The molecule has 6 heteroatoms. The van der Waals surface area contributed by atoms with Gasteiger partial charge in [-0.25, -0.2) is 0 Å². The number of amides is 1. The highest BCUT2D eigenvalue weighted by molar-refractivity contribution is 6.00. The molecular weight excluding hydrogens is 356 g/mol. The Morgan fingerprint density at radius 1 is 1.14 bits per heavy atom. The van der Waals surface area contributed by atoms with Crippen LogP contribution in [0.4, 0.5) is 11.4 Å². The number of fused-ring (bicyclic) bond motifs is 1. The van der Waals surface area contributed by atoms with Gasteiger partial charge in [0.05, 0.1) is 17.2 Å². The van der Waals surface area contributed by atoms with Crippen molar-refractivity contribution in [2.75, 3.05) is 4.90 Å². The van der Waals surface area contributed by atoms with Crippen molar-refractivity contribution >= 4 is 17.3 Å². The fourth-order valence-corrected chi connectivity index (χ4v) is 3.27. The van der Waals surface area contributed by atoms with Gasteiger partial charge in [0.25, 0.3) is 11.6 Å². The van der Waals surface area contributed by atoms with Crippen LogP contribution in [0.3, 0.4) is 0 Å². The second-order valence-corrected chi connectivity index (χ2v) is 8.56. The molecular formula is C22H26N2O4. The molecule has 28 heavy (non-hydrogen) atoms. The smallest absolute Gasteiger partial charge is 0.271 e. The topological polar surface area (TPSA) is 72.7 Å². The molecule has 3 rings (SSSR count). The number of ether oxygens (including phenoxy) is 1.